The molecular formula is C21H22F2N4O. The van der Waals surface area contributed by atoms with Gasteiger partial charge in [0.25, 0.3) is 0 Å². The van der Waals surface area contributed by atoms with Crippen LogP contribution < -0.4 is 5.32 Å². The van der Waals surface area contributed by atoms with Gasteiger partial charge in [-0.2, -0.15) is 0 Å². The molecule has 2 heterocycles. The number of imidazole rings is 1. The van der Waals surface area contributed by atoms with E-state index in [1.165, 1.54) is 24.3 Å². The van der Waals surface area contributed by atoms with Crippen LogP contribution in [-0.4, -0.2) is 40.0 Å². The van der Waals surface area contributed by atoms with Crippen molar-refractivity contribution in [2.45, 2.75) is 25.4 Å². The van der Waals surface area contributed by atoms with Crippen LogP contribution in [-0.2, 0) is 11.3 Å². The number of amides is 1. The second-order valence-electron chi connectivity index (χ2n) is 7.20. The maximum absolute atomic E-state index is 13.3. The van der Waals surface area contributed by atoms with E-state index in [1.54, 1.807) is 24.5 Å². The molecule has 1 aliphatic heterocycles. The molecule has 1 amide bonds. The summed E-state index contributed by atoms with van der Waals surface area (Å²) in [4.78, 5) is 18.6. The number of benzene rings is 2. The predicted molar refractivity (Wildman–Crippen MR) is 103 cm³/mol. The standard InChI is InChI=1S/C21H22F2N4O/c22-16-3-1-15(2-4-16)12-24-21(28)13-26-9-7-18(8-10-26)27-14-25-19-11-17(23)5-6-20(19)27/h1-6,11,14,18H,7-10,12-13H2,(H,24,28). The van der Waals surface area contributed by atoms with Gasteiger partial charge in [-0.25, -0.2) is 13.8 Å². The summed E-state index contributed by atoms with van der Waals surface area (Å²) in [5, 5.41) is 2.88. The maximum atomic E-state index is 13.3. The smallest absolute Gasteiger partial charge is 0.234 e. The van der Waals surface area contributed by atoms with Gasteiger partial charge >= 0.3 is 0 Å². The molecule has 0 saturated carbocycles. The quantitative estimate of drug-likeness (QED) is 0.735. The van der Waals surface area contributed by atoms with E-state index < -0.39 is 0 Å². The van der Waals surface area contributed by atoms with Crippen molar-refractivity contribution in [3.63, 3.8) is 0 Å². The number of carbonyl (C=O) groups excluding carboxylic acids is 1. The first kappa shape index (κ1) is 18.6. The van der Waals surface area contributed by atoms with Gasteiger partial charge in [0.05, 0.1) is 23.9 Å². The summed E-state index contributed by atoms with van der Waals surface area (Å²) in [6.07, 6.45) is 3.60. The molecule has 0 aliphatic carbocycles. The lowest BCUT2D eigenvalue weighted by molar-refractivity contribution is -0.122. The van der Waals surface area contributed by atoms with E-state index in [4.69, 9.17) is 0 Å². The van der Waals surface area contributed by atoms with Crippen LogP contribution in [0.15, 0.2) is 48.8 Å². The Morgan fingerprint density at radius 3 is 2.54 bits per heavy atom. The average Bonchev–Trinajstić information content (AvgIpc) is 3.11. The van der Waals surface area contributed by atoms with Gasteiger partial charge in [-0.05, 0) is 42.7 Å². The summed E-state index contributed by atoms with van der Waals surface area (Å²) in [5.41, 5.74) is 2.48. The molecule has 1 fully saturated rings. The van der Waals surface area contributed by atoms with Crippen molar-refractivity contribution in [1.82, 2.24) is 19.8 Å². The Morgan fingerprint density at radius 1 is 1.07 bits per heavy atom. The lowest BCUT2D eigenvalue weighted by Gasteiger charge is -2.32. The molecule has 0 spiro atoms. The van der Waals surface area contributed by atoms with Crippen LogP contribution in [0.3, 0.4) is 0 Å². The van der Waals surface area contributed by atoms with Crippen LogP contribution in [0.5, 0.6) is 0 Å². The number of halogens is 2. The van der Waals surface area contributed by atoms with Crippen molar-refractivity contribution in [3.05, 3.63) is 66.0 Å². The summed E-state index contributed by atoms with van der Waals surface area (Å²) in [7, 11) is 0. The molecule has 4 rings (SSSR count). The molecule has 7 heteroatoms. The third-order valence-corrected chi connectivity index (χ3v) is 5.26. The zero-order chi connectivity index (χ0) is 19.5. The molecule has 28 heavy (non-hydrogen) atoms. The number of nitrogens with one attached hydrogen (secondary N) is 1. The highest BCUT2D eigenvalue weighted by atomic mass is 19.1. The minimum Gasteiger partial charge on any atom is -0.351 e. The molecule has 1 aliphatic rings. The van der Waals surface area contributed by atoms with Gasteiger partial charge in [0.1, 0.15) is 11.6 Å². The number of aromatic nitrogens is 2. The Bertz CT molecular complexity index is 962. The van der Waals surface area contributed by atoms with Crippen molar-refractivity contribution < 1.29 is 13.6 Å². The minimum atomic E-state index is -0.284. The highest BCUT2D eigenvalue weighted by molar-refractivity contribution is 5.78. The van der Waals surface area contributed by atoms with Crippen molar-refractivity contribution in [2.75, 3.05) is 19.6 Å². The third kappa shape index (κ3) is 4.20. The van der Waals surface area contributed by atoms with Gasteiger partial charge in [0.2, 0.25) is 5.91 Å². The first-order valence-corrected chi connectivity index (χ1v) is 9.44. The number of piperidine rings is 1. The molecule has 146 valence electrons. The van der Waals surface area contributed by atoms with Gasteiger partial charge in [0, 0.05) is 31.7 Å². The van der Waals surface area contributed by atoms with Crippen LogP contribution in [0.25, 0.3) is 11.0 Å². The number of hydrogen-bond donors (Lipinski definition) is 1. The molecule has 1 N–H and O–H groups in total. The van der Waals surface area contributed by atoms with Gasteiger partial charge in [-0.1, -0.05) is 12.1 Å². The van der Waals surface area contributed by atoms with Gasteiger partial charge < -0.3 is 9.88 Å². The van der Waals surface area contributed by atoms with E-state index in [2.05, 4.69) is 19.8 Å². The monoisotopic (exact) mass is 384 g/mol. The van der Waals surface area contributed by atoms with E-state index in [0.29, 0.717) is 24.6 Å². The minimum absolute atomic E-state index is 0.0358. The molecule has 3 aromatic rings. The molecule has 0 atom stereocenters. The van der Waals surface area contributed by atoms with Crippen molar-refractivity contribution >= 4 is 16.9 Å². The Morgan fingerprint density at radius 2 is 1.79 bits per heavy atom. The van der Waals surface area contributed by atoms with Crippen molar-refractivity contribution in [1.29, 1.82) is 0 Å². The number of rotatable bonds is 5. The molecule has 0 unspecified atom stereocenters. The van der Waals surface area contributed by atoms with Gasteiger partial charge in [-0.3, -0.25) is 9.69 Å². The Labute approximate surface area is 162 Å². The molecule has 0 bridgehead atoms. The fourth-order valence-electron chi connectivity index (χ4n) is 3.71. The first-order valence-electron chi connectivity index (χ1n) is 9.44. The number of nitrogens with zero attached hydrogens (tertiary/aromatic N) is 3. The summed E-state index contributed by atoms with van der Waals surface area (Å²) in [6, 6.07) is 11.1. The Balaban J connectivity index is 1.27. The Kier molecular flexibility index (Phi) is 5.34. The highest BCUT2D eigenvalue weighted by Crippen LogP contribution is 2.26. The van der Waals surface area contributed by atoms with Crippen LogP contribution >= 0.6 is 0 Å². The lowest BCUT2D eigenvalue weighted by Crippen LogP contribution is -2.41. The van der Waals surface area contributed by atoms with Crippen molar-refractivity contribution in [2.24, 2.45) is 0 Å². The summed E-state index contributed by atoms with van der Waals surface area (Å²) < 4.78 is 28.4. The van der Waals surface area contributed by atoms with Crippen LogP contribution in [0, 0.1) is 11.6 Å². The van der Waals surface area contributed by atoms with E-state index in [1.807, 2.05) is 0 Å². The molecular weight excluding hydrogens is 362 g/mol. The fraction of sp³-hybridized carbons (Fsp3) is 0.333. The van der Waals surface area contributed by atoms with E-state index in [-0.39, 0.29) is 17.5 Å². The normalized spacial score (nSPS) is 15.8. The average molecular weight is 384 g/mol. The summed E-state index contributed by atoms with van der Waals surface area (Å²) >= 11 is 0. The third-order valence-electron chi connectivity index (χ3n) is 5.26. The van der Waals surface area contributed by atoms with Crippen LogP contribution in [0.4, 0.5) is 8.78 Å². The van der Waals surface area contributed by atoms with Gasteiger partial charge in [-0.15, -0.1) is 0 Å². The topological polar surface area (TPSA) is 50.2 Å². The first-order chi connectivity index (χ1) is 13.6. The largest absolute Gasteiger partial charge is 0.351 e. The second-order valence-corrected chi connectivity index (χ2v) is 7.20. The zero-order valence-electron chi connectivity index (χ0n) is 15.4. The number of hydrogen-bond acceptors (Lipinski definition) is 3. The molecule has 1 aromatic heterocycles. The van der Waals surface area contributed by atoms with Crippen LogP contribution in [0.1, 0.15) is 24.4 Å². The highest BCUT2D eigenvalue weighted by Gasteiger charge is 2.23. The van der Waals surface area contributed by atoms with E-state index in [9.17, 15) is 13.6 Å². The number of fused-ring (bicyclic) bond motifs is 1. The zero-order valence-corrected chi connectivity index (χ0v) is 15.4. The van der Waals surface area contributed by atoms with E-state index >= 15 is 0 Å². The fourth-order valence-corrected chi connectivity index (χ4v) is 3.71. The maximum Gasteiger partial charge on any atom is 0.234 e. The summed E-state index contributed by atoms with van der Waals surface area (Å²) in [6.45, 7) is 2.38. The SMILES string of the molecule is O=C(CN1CCC(n2cnc3cc(F)ccc32)CC1)NCc1ccc(F)cc1. The second kappa shape index (κ2) is 8.06. The Hall–Kier alpha value is -2.80. The van der Waals surface area contributed by atoms with E-state index in [0.717, 1.165) is 37.0 Å². The predicted octanol–water partition coefficient (Wildman–Crippen LogP) is 3.27. The van der Waals surface area contributed by atoms with Crippen LogP contribution in [0.2, 0.25) is 0 Å². The number of carbonyl (C=O) groups is 1. The molecule has 2 aromatic carbocycles. The molecule has 1 saturated heterocycles. The lowest BCUT2D eigenvalue weighted by atomic mass is 10.0. The van der Waals surface area contributed by atoms with Gasteiger partial charge in [0.15, 0.2) is 0 Å². The molecule has 0 radical (unpaired) electrons. The number of likely N-dealkylation sites (tertiary alicyclic amines) is 1. The van der Waals surface area contributed by atoms with Crippen molar-refractivity contribution in [3.8, 4) is 0 Å². The molecule has 5 nitrogen and oxygen atoms in total. The summed E-state index contributed by atoms with van der Waals surface area (Å²) in [5.74, 6) is -0.598.